The maximum absolute atomic E-state index is 8.69. The fourth-order valence-electron chi connectivity index (χ4n) is 1.94. The van der Waals surface area contributed by atoms with Crippen molar-refractivity contribution in [2.45, 2.75) is 13.5 Å². The summed E-state index contributed by atoms with van der Waals surface area (Å²) in [5.41, 5.74) is 7.11. The van der Waals surface area contributed by atoms with E-state index in [1.807, 2.05) is 12.1 Å². The maximum Gasteiger partial charge on any atom is 0.170 e. The minimum atomic E-state index is 0.0553. The van der Waals surface area contributed by atoms with E-state index in [0.29, 0.717) is 10.6 Å². The predicted octanol–water partition coefficient (Wildman–Crippen LogP) is 3.52. The molecule has 0 amide bonds. The van der Waals surface area contributed by atoms with Gasteiger partial charge in [-0.05, 0) is 36.6 Å². The van der Waals surface area contributed by atoms with Crippen LogP contribution in [0.2, 0.25) is 5.02 Å². The standard InChI is InChI=1S/C14H16ClN3OS/c1-2-18(9-11-4-3-7-20-11)13-6-5-10(8-12(13)15)14(16)17-19/h3-8,19H,2,9H2,1H3,(H2,16,17). The van der Waals surface area contributed by atoms with Gasteiger partial charge in [-0.15, -0.1) is 11.3 Å². The van der Waals surface area contributed by atoms with Crippen molar-refractivity contribution >= 4 is 34.5 Å². The molecule has 0 aliphatic rings. The quantitative estimate of drug-likeness (QED) is 0.384. The zero-order valence-corrected chi connectivity index (χ0v) is 12.7. The molecular formula is C14H16ClN3OS. The first-order valence-corrected chi connectivity index (χ1v) is 7.46. The fraction of sp³-hybridized carbons (Fsp3) is 0.214. The van der Waals surface area contributed by atoms with Crippen LogP contribution in [0.25, 0.3) is 0 Å². The van der Waals surface area contributed by atoms with Crippen LogP contribution in [-0.4, -0.2) is 17.6 Å². The molecule has 2 rings (SSSR count). The van der Waals surface area contributed by atoms with Crippen molar-refractivity contribution in [2.24, 2.45) is 10.9 Å². The van der Waals surface area contributed by atoms with Crippen molar-refractivity contribution in [1.29, 1.82) is 0 Å². The van der Waals surface area contributed by atoms with Crippen LogP contribution in [0.15, 0.2) is 40.9 Å². The molecule has 0 saturated carbocycles. The van der Waals surface area contributed by atoms with E-state index in [4.69, 9.17) is 22.5 Å². The molecule has 0 spiro atoms. The Kier molecular flexibility index (Phi) is 4.87. The smallest absolute Gasteiger partial charge is 0.170 e. The molecule has 0 fully saturated rings. The summed E-state index contributed by atoms with van der Waals surface area (Å²) in [5.74, 6) is 0.0553. The summed E-state index contributed by atoms with van der Waals surface area (Å²) in [4.78, 5) is 3.47. The molecule has 0 bridgehead atoms. The van der Waals surface area contributed by atoms with Gasteiger partial charge in [-0.2, -0.15) is 0 Å². The van der Waals surface area contributed by atoms with Gasteiger partial charge in [0.25, 0.3) is 0 Å². The third kappa shape index (κ3) is 3.23. The molecule has 20 heavy (non-hydrogen) atoms. The van der Waals surface area contributed by atoms with Gasteiger partial charge in [0.05, 0.1) is 17.3 Å². The lowest BCUT2D eigenvalue weighted by Crippen LogP contribution is -2.22. The van der Waals surface area contributed by atoms with E-state index in [2.05, 4.69) is 28.4 Å². The normalized spacial score (nSPS) is 11.6. The molecule has 1 aromatic heterocycles. The molecule has 1 heterocycles. The van der Waals surface area contributed by atoms with Crippen LogP contribution < -0.4 is 10.6 Å². The second-order valence-corrected chi connectivity index (χ2v) is 5.68. The van der Waals surface area contributed by atoms with E-state index in [0.717, 1.165) is 18.8 Å². The van der Waals surface area contributed by atoms with E-state index in [9.17, 15) is 0 Å². The van der Waals surface area contributed by atoms with Gasteiger partial charge < -0.3 is 15.8 Å². The second kappa shape index (κ2) is 6.63. The number of oxime groups is 1. The second-order valence-electron chi connectivity index (χ2n) is 4.24. The Morgan fingerprint density at radius 1 is 1.45 bits per heavy atom. The van der Waals surface area contributed by atoms with Crippen LogP contribution in [0.5, 0.6) is 0 Å². The molecule has 4 nitrogen and oxygen atoms in total. The topological polar surface area (TPSA) is 61.8 Å². The van der Waals surface area contributed by atoms with Crippen LogP contribution in [-0.2, 0) is 6.54 Å². The van der Waals surface area contributed by atoms with Crippen molar-refractivity contribution in [3.05, 3.63) is 51.2 Å². The highest BCUT2D eigenvalue weighted by Gasteiger charge is 2.11. The summed E-state index contributed by atoms with van der Waals surface area (Å²) < 4.78 is 0. The lowest BCUT2D eigenvalue weighted by atomic mass is 10.1. The molecule has 0 unspecified atom stereocenters. The van der Waals surface area contributed by atoms with Crippen LogP contribution in [0.1, 0.15) is 17.4 Å². The zero-order chi connectivity index (χ0) is 14.5. The minimum absolute atomic E-state index is 0.0553. The third-order valence-corrected chi connectivity index (χ3v) is 4.16. The van der Waals surface area contributed by atoms with Gasteiger partial charge in [0, 0.05) is 17.0 Å². The first-order chi connectivity index (χ1) is 9.65. The molecule has 0 aliphatic carbocycles. The number of thiophene rings is 1. The summed E-state index contributed by atoms with van der Waals surface area (Å²) in [6, 6.07) is 9.55. The minimum Gasteiger partial charge on any atom is -0.409 e. The van der Waals surface area contributed by atoms with Crippen molar-refractivity contribution < 1.29 is 5.21 Å². The number of hydrogen-bond acceptors (Lipinski definition) is 4. The van der Waals surface area contributed by atoms with Gasteiger partial charge in [-0.3, -0.25) is 0 Å². The monoisotopic (exact) mass is 309 g/mol. The number of amidine groups is 1. The molecule has 0 aliphatic heterocycles. The Hall–Kier alpha value is -1.72. The Morgan fingerprint density at radius 2 is 2.25 bits per heavy atom. The summed E-state index contributed by atoms with van der Waals surface area (Å²) in [7, 11) is 0. The summed E-state index contributed by atoms with van der Waals surface area (Å²) in [6.07, 6.45) is 0. The number of anilines is 1. The van der Waals surface area contributed by atoms with E-state index in [-0.39, 0.29) is 5.84 Å². The lowest BCUT2D eigenvalue weighted by Gasteiger charge is -2.24. The van der Waals surface area contributed by atoms with Gasteiger partial charge in [0.15, 0.2) is 5.84 Å². The number of nitrogens with zero attached hydrogens (tertiary/aromatic N) is 2. The summed E-state index contributed by atoms with van der Waals surface area (Å²) in [5, 5.41) is 14.3. The molecule has 6 heteroatoms. The average Bonchev–Trinajstić information content (AvgIpc) is 2.97. The Morgan fingerprint density at radius 3 is 2.80 bits per heavy atom. The highest BCUT2D eigenvalue weighted by atomic mass is 35.5. The molecule has 0 radical (unpaired) electrons. The summed E-state index contributed by atoms with van der Waals surface area (Å²) >= 11 is 8.04. The van der Waals surface area contributed by atoms with Crippen LogP contribution in [0, 0.1) is 0 Å². The van der Waals surface area contributed by atoms with E-state index >= 15 is 0 Å². The SMILES string of the molecule is CCN(Cc1cccs1)c1ccc(C(N)=NO)cc1Cl. The third-order valence-electron chi connectivity index (χ3n) is 3.00. The van der Waals surface area contributed by atoms with Gasteiger partial charge in [0.2, 0.25) is 0 Å². The maximum atomic E-state index is 8.69. The number of nitrogens with two attached hydrogens (primary N) is 1. The van der Waals surface area contributed by atoms with E-state index in [1.165, 1.54) is 4.88 Å². The molecule has 2 aromatic rings. The highest BCUT2D eigenvalue weighted by Crippen LogP contribution is 2.28. The molecule has 0 atom stereocenters. The predicted molar refractivity (Wildman–Crippen MR) is 85.0 cm³/mol. The first-order valence-electron chi connectivity index (χ1n) is 6.20. The van der Waals surface area contributed by atoms with Gasteiger partial charge in [-0.1, -0.05) is 22.8 Å². The van der Waals surface area contributed by atoms with E-state index in [1.54, 1.807) is 23.5 Å². The van der Waals surface area contributed by atoms with Crippen molar-refractivity contribution in [1.82, 2.24) is 0 Å². The molecular weight excluding hydrogens is 294 g/mol. The van der Waals surface area contributed by atoms with Crippen LogP contribution in [0.3, 0.4) is 0 Å². The number of hydrogen-bond donors (Lipinski definition) is 2. The fourth-order valence-corrected chi connectivity index (χ4v) is 2.96. The molecule has 0 saturated heterocycles. The lowest BCUT2D eigenvalue weighted by molar-refractivity contribution is 0.318. The van der Waals surface area contributed by atoms with Crippen LogP contribution >= 0.6 is 22.9 Å². The van der Waals surface area contributed by atoms with E-state index < -0.39 is 0 Å². The Bertz CT molecular complexity index is 598. The van der Waals surface area contributed by atoms with Crippen LogP contribution in [0.4, 0.5) is 5.69 Å². The highest BCUT2D eigenvalue weighted by molar-refractivity contribution is 7.09. The first kappa shape index (κ1) is 14.7. The van der Waals surface area contributed by atoms with Gasteiger partial charge >= 0.3 is 0 Å². The molecule has 3 N–H and O–H groups in total. The van der Waals surface area contributed by atoms with Crippen molar-refractivity contribution in [3.8, 4) is 0 Å². The zero-order valence-electron chi connectivity index (χ0n) is 11.1. The molecule has 1 aromatic carbocycles. The largest absolute Gasteiger partial charge is 0.409 e. The molecule has 106 valence electrons. The Labute approximate surface area is 127 Å². The van der Waals surface area contributed by atoms with Gasteiger partial charge in [0.1, 0.15) is 0 Å². The number of halogens is 1. The Balaban J connectivity index is 2.26. The number of benzene rings is 1. The van der Waals surface area contributed by atoms with Crippen molar-refractivity contribution in [3.63, 3.8) is 0 Å². The summed E-state index contributed by atoms with van der Waals surface area (Å²) in [6.45, 7) is 3.75. The van der Waals surface area contributed by atoms with Crippen molar-refractivity contribution in [2.75, 3.05) is 11.4 Å². The number of rotatable bonds is 5. The van der Waals surface area contributed by atoms with Gasteiger partial charge in [-0.25, -0.2) is 0 Å². The average molecular weight is 310 g/mol.